The van der Waals surface area contributed by atoms with Crippen LogP contribution in [0.25, 0.3) is 0 Å². The van der Waals surface area contributed by atoms with Crippen molar-refractivity contribution in [2.24, 2.45) is 5.73 Å². The Hall–Kier alpha value is -0.520. The van der Waals surface area contributed by atoms with Crippen molar-refractivity contribution >= 4 is 35.1 Å². The molecule has 1 amide bonds. The number of nitrogens with one attached hydrogen (secondary N) is 1. The minimum absolute atomic E-state index is 0.183. The van der Waals surface area contributed by atoms with E-state index in [9.17, 15) is 9.59 Å². The van der Waals surface area contributed by atoms with Crippen molar-refractivity contribution in [2.45, 2.75) is 45.9 Å². The maximum Gasteiger partial charge on any atom is 0.328 e. The fourth-order valence-corrected chi connectivity index (χ4v) is 0.738. The van der Waals surface area contributed by atoms with Crippen LogP contribution in [-0.4, -0.2) is 35.4 Å². The van der Waals surface area contributed by atoms with Crippen LogP contribution in [0.2, 0.25) is 0 Å². The number of hydrogen-bond donors (Lipinski definition) is 2. The van der Waals surface area contributed by atoms with E-state index in [0.717, 1.165) is 0 Å². The van der Waals surface area contributed by atoms with Crippen molar-refractivity contribution in [1.82, 2.24) is 5.32 Å². The van der Waals surface area contributed by atoms with Crippen LogP contribution in [0.5, 0.6) is 0 Å². The smallest absolute Gasteiger partial charge is 0.328 e. The highest BCUT2D eigenvalue weighted by Gasteiger charge is 2.19. The highest BCUT2D eigenvalue weighted by atomic mass is 35.5. The zero-order valence-electron chi connectivity index (χ0n) is 10.5. The van der Waals surface area contributed by atoms with Gasteiger partial charge in [0, 0.05) is 0 Å². The van der Waals surface area contributed by atoms with Gasteiger partial charge in [0.1, 0.15) is 6.04 Å². The van der Waals surface area contributed by atoms with Gasteiger partial charge in [-0.1, -0.05) is 0 Å². The normalized spacial score (nSPS) is 13.2. The van der Waals surface area contributed by atoms with E-state index in [4.69, 9.17) is 33.7 Å². The summed E-state index contributed by atoms with van der Waals surface area (Å²) in [6, 6.07) is -1.28. The predicted octanol–water partition coefficient (Wildman–Crippen LogP) is 1.21. The summed E-state index contributed by atoms with van der Waals surface area (Å²) in [6.45, 7) is 6.61. The third kappa shape index (κ3) is 11.7. The van der Waals surface area contributed by atoms with Crippen molar-refractivity contribution in [1.29, 1.82) is 0 Å². The molecule has 0 aliphatic carbocycles. The van der Waals surface area contributed by atoms with Crippen LogP contribution in [0.4, 0.5) is 0 Å². The summed E-state index contributed by atoms with van der Waals surface area (Å²) in [6.07, 6.45) is -0.183. The lowest BCUT2D eigenvalue weighted by molar-refractivity contribution is -0.151. The summed E-state index contributed by atoms with van der Waals surface area (Å²) in [5.74, 6) is -0.813. The molecule has 0 aromatic carbocycles. The predicted molar refractivity (Wildman–Crippen MR) is 69.1 cm³/mol. The third-order valence-electron chi connectivity index (χ3n) is 1.48. The van der Waals surface area contributed by atoms with E-state index in [1.165, 1.54) is 0 Å². The molecule has 7 heteroatoms. The molecule has 0 fully saturated rings. The Balaban J connectivity index is 0. The van der Waals surface area contributed by atoms with Crippen LogP contribution in [0.15, 0.2) is 0 Å². The van der Waals surface area contributed by atoms with Crippen molar-refractivity contribution in [3.63, 3.8) is 0 Å². The monoisotopic (exact) mass is 286 g/mol. The molecular formula is C10H20Cl2N2O3. The van der Waals surface area contributed by atoms with Gasteiger partial charge < -0.3 is 15.8 Å². The standard InChI is InChI=1S/C9H18N2O3.CH2Cl2/c1-5(2)14-9(13)7(4)11-8(12)6(3)10;2-1-3/h5-7H,10H2,1-4H3,(H,11,12);1H2. The number of alkyl halides is 2. The number of halogens is 2. The Morgan fingerprint density at radius 3 is 1.94 bits per heavy atom. The molecule has 0 saturated carbocycles. The first-order valence-corrected chi connectivity index (χ1v) is 6.21. The molecule has 3 N–H and O–H groups in total. The Bertz CT molecular complexity index is 236. The largest absolute Gasteiger partial charge is 0.461 e. The molecular weight excluding hydrogens is 267 g/mol. The van der Waals surface area contributed by atoms with Gasteiger partial charge in [0.2, 0.25) is 5.91 Å². The quantitative estimate of drug-likeness (QED) is 0.601. The van der Waals surface area contributed by atoms with Crippen molar-refractivity contribution < 1.29 is 14.3 Å². The minimum atomic E-state index is -0.657. The van der Waals surface area contributed by atoms with E-state index < -0.39 is 18.1 Å². The van der Waals surface area contributed by atoms with E-state index in [1.54, 1.807) is 27.7 Å². The molecule has 0 aromatic heterocycles. The van der Waals surface area contributed by atoms with E-state index >= 15 is 0 Å². The molecule has 0 aliphatic heterocycles. The number of ether oxygens (including phenoxy) is 1. The molecule has 0 spiro atoms. The van der Waals surface area contributed by atoms with Crippen molar-refractivity contribution in [2.75, 3.05) is 5.34 Å². The Kier molecular flexibility index (Phi) is 11.8. The average molecular weight is 287 g/mol. The van der Waals surface area contributed by atoms with E-state index in [2.05, 4.69) is 5.32 Å². The summed E-state index contributed by atoms with van der Waals surface area (Å²) in [4.78, 5) is 22.3. The maximum atomic E-state index is 11.2. The maximum absolute atomic E-state index is 11.2. The number of rotatable bonds is 4. The molecule has 2 atom stereocenters. The molecule has 0 rings (SSSR count). The van der Waals surface area contributed by atoms with Crippen molar-refractivity contribution in [3.8, 4) is 0 Å². The van der Waals surface area contributed by atoms with Crippen molar-refractivity contribution in [3.05, 3.63) is 0 Å². The molecule has 5 nitrogen and oxygen atoms in total. The van der Waals surface area contributed by atoms with Gasteiger partial charge in [0.25, 0.3) is 0 Å². The summed E-state index contributed by atoms with van der Waals surface area (Å²) in [7, 11) is 0. The molecule has 0 saturated heterocycles. The first-order chi connectivity index (χ1) is 7.76. The van der Waals surface area contributed by atoms with E-state index in [0.29, 0.717) is 0 Å². The topological polar surface area (TPSA) is 81.4 Å². The number of nitrogens with two attached hydrogens (primary N) is 1. The summed E-state index contributed by atoms with van der Waals surface area (Å²) in [5.41, 5.74) is 5.32. The van der Waals surface area contributed by atoms with Gasteiger partial charge in [-0.3, -0.25) is 4.79 Å². The molecule has 102 valence electrons. The summed E-state index contributed by atoms with van der Waals surface area (Å²) >= 11 is 9.53. The van der Waals surface area contributed by atoms with Gasteiger partial charge >= 0.3 is 5.97 Å². The van der Waals surface area contributed by atoms with Gasteiger partial charge in [-0.05, 0) is 27.7 Å². The SMILES string of the molecule is CC(C)OC(=O)C(C)NC(=O)C(C)N.ClCCl. The molecule has 0 bridgehead atoms. The molecule has 0 heterocycles. The fraction of sp³-hybridized carbons (Fsp3) is 0.800. The fourth-order valence-electron chi connectivity index (χ4n) is 0.738. The van der Waals surface area contributed by atoms with Crippen LogP contribution in [0.3, 0.4) is 0 Å². The lowest BCUT2D eigenvalue weighted by atomic mass is 10.3. The number of amides is 1. The summed E-state index contributed by atoms with van der Waals surface area (Å²) < 4.78 is 4.90. The Morgan fingerprint density at radius 2 is 1.65 bits per heavy atom. The molecule has 0 aromatic rings. The molecule has 17 heavy (non-hydrogen) atoms. The minimum Gasteiger partial charge on any atom is -0.461 e. The lowest BCUT2D eigenvalue weighted by Crippen LogP contribution is -2.46. The van der Waals surface area contributed by atoms with E-state index in [1.807, 2.05) is 0 Å². The van der Waals surface area contributed by atoms with Gasteiger partial charge in [-0.2, -0.15) is 0 Å². The zero-order valence-corrected chi connectivity index (χ0v) is 12.0. The van der Waals surface area contributed by atoms with Gasteiger partial charge in [-0.15, -0.1) is 23.2 Å². The number of esters is 1. The average Bonchev–Trinajstić information content (AvgIpc) is 2.17. The number of hydrogen-bond acceptors (Lipinski definition) is 4. The van der Waals surface area contributed by atoms with Crippen LogP contribution in [0.1, 0.15) is 27.7 Å². The second-order valence-electron chi connectivity index (χ2n) is 3.61. The van der Waals surface area contributed by atoms with Crippen LogP contribution >= 0.6 is 23.2 Å². The molecule has 0 radical (unpaired) electrons. The lowest BCUT2D eigenvalue weighted by Gasteiger charge is -2.16. The number of carbonyl (C=O) groups excluding carboxylic acids is 2. The zero-order chi connectivity index (χ0) is 14.0. The number of carbonyl (C=O) groups is 2. The second-order valence-corrected chi connectivity index (χ2v) is 4.41. The van der Waals surface area contributed by atoms with E-state index in [-0.39, 0.29) is 17.4 Å². The highest BCUT2D eigenvalue weighted by Crippen LogP contribution is 1.94. The summed E-state index contributed by atoms with van der Waals surface area (Å²) in [5, 5.41) is 2.64. The van der Waals surface area contributed by atoms with Gasteiger partial charge in [0.05, 0.1) is 17.5 Å². The Labute approximate surface area is 112 Å². The second kappa shape index (κ2) is 10.6. The third-order valence-corrected chi connectivity index (χ3v) is 1.48. The molecule has 2 unspecified atom stereocenters. The van der Waals surface area contributed by atoms with Crippen LogP contribution < -0.4 is 11.1 Å². The first kappa shape index (κ1) is 18.8. The Morgan fingerprint density at radius 1 is 1.24 bits per heavy atom. The van der Waals surface area contributed by atoms with Gasteiger partial charge in [0.15, 0.2) is 0 Å². The van der Waals surface area contributed by atoms with Crippen LogP contribution in [0, 0.1) is 0 Å². The van der Waals surface area contributed by atoms with Gasteiger partial charge in [-0.25, -0.2) is 4.79 Å². The highest BCUT2D eigenvalue weighted by molar-refractivity contribution is 6.40. The first-order valence-electron chi connectivity index (χ1n) is 5.14. The molecule has 0 aliphatic rings. The van der Waals surface area contributed by atoms with Crippen LogP contribution in [-0.2, 0) is 14.3 Å².